The van der Waals surface area contributed by atoms with Crippen LogP contribution in [0, 0.1) is 0 Å². The van der Waals surface area contributed by atoms with Crippen LogP contribution in [0.1, 0.15) is 19.8 Å². The Balaban J connectivity index is 4.46. The summed E-state index contributed by atoms with van der Waals surface area (Å²) in [7, 11) is -5.27. The molecular formula is C6H9F3O3S. The predicted molar refractivity (Wildman–Crippen MR) is 39.8 cm³/mol. The fraction of sp³-hybridized carbons (Fsp3) is 0.833. The molecule has 0 N–H and O–H groups in total. The van der Waals surface area contributed by atoms with E-state index >= 15 is 0 Å². The van der Waals surface area contributed by atoms with Crippen LogP contribution in [0.15, 0.2) is 0 Å². The second-order valence-corrected chi connectivity index (χ2v) is 4.47. The third kappa shape index (κ3) is 3.75. The molecule has 0 rings (SSSR count). The Bertz CT molecular complexity index is 278. The van der Waals surface area contributed by atoms with Crippen LogP contribution >= 0.6 is 0 Å². The van der Waals surface area contributed by atoms with Gasteiger partial charge < -0.3 is 0 Å². The van der Waals surface area contributed by atoms with Gasteiger partial charge >= 0.3 is 5.51 Å². The number of sulfone groups is 1. The summed E-state index contributed by atoms with van der Waals surface area (Å²) in [5.74, 6) is -2.34. The third-order valence-corrected chi connectivity index (χ3v) is 2.64. The van der Waals surface area contributed by atoms with Gasteiger partial charge in [0.2, 0.25) is 0 Å². The number of Topliss-reactive ketones (excluding diaryl/α,β-unsaturated/α-hetero) is 1. The molecule has 0 atom stereocenters. The Morgan fingerprint density at radius 3 is 2.08 bits per heavy atom. The van der Waals surface area contributed by atoms with E-state index in [4.69, 9.17) is 0 Å². The first kappa shape index (κ1) is 12.4. The van der Waals surface area contributed by atoms with E-state index in [1.165, 1.54) is 0 Å². The first-order valence-corrected chi connectivity index (χ1v) is 5.16. The monoisotopic (exact) mass is 218 g/mol. The highest BCUT2D eigenvalue weighted by molar-refractivity contribution is 7.92. The van der Waals surface area contributed by atoms with Gasteiger partial charge in [-0.2, -0.15) is 13.2 Å². The molecule has 0 saturated heterocycles. The second-order valence-electron chi connectivity index (χ2n) is 2.49. The molecule has 0 aliphatic carbocycles. The van der Waals surface area contributed by atoms with Crippen molar-refractivity contribution in [1.82, 2.24) is 0 Å². The predicted octanol–water partition coefficient (Wildman–Crippen LogP) is 1.29. The number of hydrogen-bond donors (Lipinski definition) is 0. The smallest absolute Gasteiger partial charge is 0.299 e. The number of alkyl halides is 3. The first-order valence-electron chi connectivity index (χ1n) is 3.51. The zero-order valence-electron chi connectivity index (χ0n) is 6.89. The molecular weight excluding hydrogens is 209 g/mol. The quantitative estimate of drug-likeness (QED) is 0.714. The molecule has 0 heterocycles. The second kappa shape index (κ2) is 4.08. The summed E-state index contributed by atoms with van der Waals surface area (Å²) >= 11 is 0. The Kier molecular flexibility index (Phi) is 3.89. The normalized spacial score (nSPS) is 12.9. The number of ketones is 1. The lowest BCUT2D eigenvalue weighted by Gasteiger charge is -2.06. The summed E-state index contributed by atoms with van der Waals surface area (Å²) in [5, 5.41) is 0. The van der Waals surface area contributed by atoms with Crippen LogP contribution in [0.4, 0.5) is 13.2 Å². The maximum Gasteiger partial charge on any atom is 0.497 e. The molecule has 0 spiro atoms. The highest BCUT2D eigenvalue weighted by Gasteiger charge is 2.46. The summed E-state index contributed by atoms with van der Waals surface area (Å²) in [4.78, 5) is 10.6. The fourth-order valence-corrected chi connectivity index (χ4v) is 1.38. The first-order chi connectivity index (χ1) is 5.70. The lowest BCUT2D eigenvalue weighted by Crippen LogP contribution is -2.29. The van der Waals surface area contributed by atoms with Gasteiger partial charge in [-0.1, -0.05) is 6.92 Å². The van der Waals surface area contributed by atoms with Gasteiger partial charge in [0.25, 0.3) is 9.84 Å². The average Bonchev–Trinajstić information content (AvgIpc) is 1.83. The van der Waals surface area contributed by atoms with Crippen LogP contribution in [-0.2, 0) is 14.6 Å². The Labute approximate surface area is 73.8 Å². The largest absolute Gasteiger partial charge is 0.497 e. The van der Waals surface area contributed by atoms with E-state index in [1.807, 2.05) is 0 Å². The Hall–Kier alpha value is -0.590. The number of carbonyl (C=O) groups excluding carboxylic acids is 1. The van der Waals surface area contributed by atoms with E-state index in [0.717, 1.165) is 0 Å². The molecule has 0 aliphatic rings. The van der Waals surface area contributed by atoms with E-state index < -0.39 is 26.9 Å². The molecule has 0 amide bonds. The van der Waals surface area contributed by atoms with Crippen molar-refractivity contribution in [3.63, 3.8) is 0 Å². The molecule has 0 aromatic rings. The van der Waals surface area contributed by atoms with Crippen LogP contribution in [0.2, 0.25) is 0 Å². The number of hydrogen-bond acceptors (Lipinski definition) is 3. The molecule has 0 aromatic carbocycles. The van der Waals surface area contributed by atoms with Gasteiger partial charge in [-0.05, 0) is 6.42 Å². The molecule has 0 aliphatic heterocycles. The zero-order valence-corrected chi connectivity index (χ0v) is 7.70. The summed E-state index contributed by atoms with van der Waals surface area (Å²) in [6.45, 7) is 1.58. The van der Waals surface area contributed by atoms with E-state index in [2.05, 4.69) is 0 Å². The van der Waals surface area contributed by atoms with E-state index in [9.17, 15) is 26.4 Å². The molecule has 0 radical (unpaired) electrons. The van der Waals surface area contributed by atoms with Crippen molar-refractivity contribution in [2.24, 2.45) is 0 Å². The summed E-state index contributed by atoms with van der Waals surface area (Å²) < 4.78 is 55.9. The minimum atomic E-state index is -5.32. The molecule has 7 heteroatoms. The summed E-state index contributed by atoms with van der Waals surface area (Å²) in [6.07, 6.45) is 0.196. The van der Waals surface area contributed by atoms with E-state index in [-0.39, 0.29) is 6.42 Å². The van der Waals surface area contributed by atoms with Crippen LogP contribution in [-0.4, -0.2) is 25.5 Å². The molecule has 0 bridgehead atoms. The molecule has 0 unspecified atom stereocenters. The SMILES string of the molecule is CCCC(=O)CS(=O)(=O)C(F)(F)F. The lowest BCUT2D eigenvalue weighted by atomic mass is 10.3. The van der Waals surface area contributed by atoms with Crippen LogP contribution in [0.5, 0.6) is 0 Å². The molecule has 78 valence electrons. The van der Waals surface area contributed by atoms with Gasteiger partial charge in [-0.3, -0.25) is 4.79 Å². The maximum atomic E-state index is 11.7. The van der Waals surface area contributed by atoms with E-state index in [0.29, 0.717) is 6.42 Å². The minimum absolute atomic E-state index is 0.144. The van der Waals surface area contributed by atoms with Crippen LogP contribution < -0.4 is 0 Å². The van der Waals surface area contributed by atoms with Crippen LogP contribution in [0.25, 0.3) is 0 Å². The third-order valence-electron chi connectivity index (χ3n) is 1.23. The van der Waals surface area contributed by atoms with Crippen LogP contribution in [0.3, 0.4) is 0 Å². The molecule has 0 fully saturated rings. The maximum absolute atomic E-state index is 11.7. The van der Waals surface area contributed by atoms with Crippen molar-refractivity contribution in [2.45, 2.75) is 25.3 Å². The summed E-state index contributed by atoms with van der Waals surface area (Å²) in [5.41, 5.74) is -5.32. The van der Waals surface area contributed by atoms with Gasteiger partial charge in [0, 0.05) is 6.42 Å². The Morgan fingerprint density at radius 2 is 1.77 bits per heavy atom. The number of rotatable bonds is 4. The molecule has 3 nitrogen and oxygen atoms in total. The molecule has 13 heavy (non-hydrogen) atoms. The molecule has 0 saturated carbocycles. The zero-order chi connectivity index (χ0) is 10.7. The highest BCUT2D eigenvalue weighted by Crippen LogP contribution is 2.23. The van der Waals surface area contributed by atoms with Gasteiger partial charge in [0.15, 0.2) is 0 Å². The van der Waals surface area contributed by atoms with Crippen molar-refractivity contribution in [3.05, 3.63) is 0 Å². The van der Waals surface area contributed by atoms with E-state index in [1.54, 1.807) is 6.92 Å². The van der Waals surface area contributed by atoms with Crippen molar-refractivity contribution < 1.29 is 26.4 Å². The van der Waals surface area contributed by atoms with Gasteiger partial charge in [-0.25, -0.2) is 8.42 Å². The number of carbonyl (C=O) groups is 1. The van der Waals surface area contributed by atoms with Crippen molar-refractivity contribution in [3.8, 4) is 0 Å². The minimum Gasteiger partial charge on any atom is -0.299 e. The van der Waals surface area contributed by atoms with Crippen molar-refractivity contribution >= 4 is 15.6 Å². The standard InChI is InChI=1S/C6H9F3O3S/c1-2-3-5(10)4-13(11,12)6(7,8)9/h2-4H2,1H3. The molecule has 0 aromatic heterocycles. The van der Waals surface area contributed by atoms with Crippen molar-refractivity contribution in [2.75, 3.05) is 5.75 Å². The Morgan fingerprint density at radius 1 is 1.31 bits per heavy atom. The average molecular weight is 218 g/mol. The fourth-order valence-electron chi connectivity index (χ4n) is 0.645. The topological polar surface area (TPSA) is 51.2 Å². The van der Waals surface area contributed by atoms with Gasteiger partial charge in [0.05, 0.1) is 0 Å². The van der Waals surface area contributed by atoms with Gasteiger partial charge in [0.1, 0.15) is 11.5 Å². The number of halogens is 3. The summed E-state index contributed by atoms with van der Waals surface area (Å²) in [6, 6.07) is 0. The van der Waals surface area contributed by atoms with Gasteiger partial charge in [-0.15, -0.1) is 0 Å². The lowest BCUT2D eigenvalue weighted by molar-refractivity contribution is -0.117. The van der Waals surface area contributed by atoms with Crippen molar-refractivity contribution in [1.29, 1.82) is 0 Å². The highest BCUT2D eigenvalue weighted by atomic mass is 32.2.